The normalized spacial score (nSPS) is 10.7. The van der Waals surface area contributed by atoms with Gasteiger partial charge in [-0.15, -0.1) is 0 Å². The summed E-state index contributed by atoms with van der Waals surface area (Å²) in [5, 5.41) is 0. The summed E-state index contributed by atoms with van der Waals surface area (Å²) in [5.41, 5.74) is 1.16. The summed E-state index contributed by atoms with van der Waals surface area (Å²) in [6.07, 6.45) is 10.5. The fourth-order valence-corrected chi connectivity index (χ4v) is 3.40. The van der Waals surface area contributed by atoms with Gasteiger partial charge in [0.15, 0.2) is 17.4 Å². The van der Waals surface area contributed by atoms with Crippen molar-refractivity contribution >= 4 is 6.16 Å². The predicted molar refractivity (Wildman–Crippen MR) is 127 cm³/mol. The molecule has 0 saturated carbocycles. The highest BCUT2D eigenvalue weighted by molar-refractivity contribution is 5.69. The number of halogens is 2. The lowest BCUT2D eigenvalue weighted by atomic mass is 10.1. The Morgan fingerprint density at radius 2 is 1.63 bits per heavy atom. The van der Waals surface area contributed by atoms with Crippen LogP contribution in [0.1, 0.15) is 52.4 Å². The molecule has 0 aliphatic rings. The molecule has 2 heterocycles. The monoisotopic (exact) mass is 485 g/mol. The molecule has 0 spiro atoms. The lowest BCUT2D eigenvalue weighted by Crippen LogP contribution is -2.11. The third-order valence-electron chi connectivity index (χ3n) is 5.21. The van der Waals surface area contributed by atoms with Crippen molar-refractivity contribution in [1.82, 2.24) is 15.0 Å². The first-order valence-electron chi connectivity index (χ1n) is 11.8. The number of aromatic nitrogens is 3. The molecule has 1 aromatic carbocycles. The molecule has 0 radical (unpaired) electrons. The van der Waals surface area contributed by atoms with Crippen molar-refractivity contribution in [2.45, 2.75) is 52.4 Å². The lowest BCUT2D eigenvalue weighted by Gasteiger charge is -2.11. The van der Waals surface area contributed by atoms with Crippen LogP contribution in [0.15, 0.2) is 42.9 Å². The van der Waals surface area contributed by atoms with Crippen molar-refractivity contribution in [1.29, 1.82) is 0 Å². The van der Waals surface area contributed by atoms with Gasteiger partial charge in [-0.3, -0.25) is 0 Å². The molecular weight excluding hydrogens is 456 g/mol. The summed E-state index contributed by atoms with van der Waals surface area (Å²) in [5.74, 6) is -2.70. The molecular formula is C26H29F2N3O4. The van der Waals surface area contributed by atoms with Gasteiger partial charge in [-0.1, -0.05) is 39.0 Å². The summed E-state index contributed by atoms with van der Waals surface area (Å²) in [7, 11) is 0. The van der Waals surface area contributed by atoms with Crippen molar-refractivity contribution in [2.24, 2.45) is 0 Å². The van der Waals surface area contributed by atoms with Crippen LogP contribution in [0.4, 0.5) is 13.6 Å². The van der Waals surface area contributed by atoms with Crippen LogP contribution in [0, 0.1) is 11.6 Å². The quantitative estimate of drug-likeness (QED) is 0.159. The molecule has 0 unspecified atom stereocenters. The maximum atomic E-state index is 14.6. The van der Waals surface area contributed by atoms with Crippen LogP contribution in [-0.2, 0) is 4.74 Å². The zero-order valence-corrected chi connectivity index (χ0v) is 19.9. The van der Waals surface area contributed by atoms with Gasteiger partial charge in [0, 0.05) is 29.7 Å². The summed E-state index contributed by atoms with van der Waals surface area (Å²) < 4.78 is 44.2. The second kappa shape index (κ2) is 13.3. The highest BCUT2D eigenvalue weighted by Gasteiger charge is 2.20. The molecule has 0 saturated heterocycles. The highest BCUT2D eigenvalue weighted by Crippen LogP contribution is 2.31. The van der Waals surface area contributed by atoms with E-state index in [4.69, 9.17) is 4.74 Å². The Morgan fingerprint density at radius 1 is 0.886 bits per heavy atom. The Balaban J connectivity index is 1.70. The van der Waals surface area contributed by atoms with Gasteiger partial charge in [-0.25, -0.2) is 24.1 Å². The minimum Gasteiger partial charge on any atom is -0.477 e. The summed E-state index contributed by atoms with van der Waals surface area (Å²) in [6, 6.07) is 5.97. The Morgan fingerprint density at radius 3 is 2.37 bits per heavy atom. The van der Waals surface area contributed by atoms with Gasteiger partial charge < -0.3 is 14.2 Å². The topological polar surface area (TPSA) is 83.4 Å². The Hall–Kier alpha value is -3.62. The Bertz CT molecular complexity index is 1110. The van der Waals surface area contributed by atoms with Gasteiger partial charge in [-0.2, -0.15) is 4.39 Å². The van der Waals surface area contributed by atoms with E-state index in [-0.39, 0.29) is 18.0 Å². The van der Waals surface area contributed by atoms with E-state index in [1.165, 1.54) is 44.1 Å². The molecule has 0 aliphatic heterocycles. The molecule has 35 heavy (non-hydrogen) atoms. The van der Waals surface area contributed by atoms with Crippen molar-refractivity contribution in [2.75, 3.05) is 13.2 Å². The molecule has 3 rings (SSSR count). The summed E-state index contributed by atoms with van der Waals surface area (Å²) in [4.78, 5) is 24.1. The fraction of sp³-hybridized carbons (Fsp3) is 0.385. The molecule has 0 N–H and O–H groups in total. The van der Waals surface area contributed by atoms with Crippen molar-refractivity contribution in [3.63, 3.8) is 0 Å². The molecule has 2 aromatic heterocycles. The third-order valence-corrected chi connectivity index (χ3v) is 5.21. The zero-order valence-electron chi connectivity index (χ0n) is 19.9. The van der Waals surface area contributed by atoms with Gasteiger partial charge in [0.25, 0.3) is 0 Å². The predicted octanol–water partition coefficient (Wildman–Crippen LogP) is 6.76. The molecule has 3 aromatic rings. The van der Waals surface area contributed by atoms with Gasteiger partial charge in [-0.05, 0) is 37.6 Å². The SMILES string of the molecule is CCCCCCCCOc1ncccc1-c1cnc(-c2ccc(OC(=O)OCC)c(F)c2F)nc1. The maximum Gasteiger partial charge on any atom is 0.513 e. The Kier molecular flexibility index (Phi) is 9.89. The van der Waals surface area contributed by atoms with E-state index < -0.39 is 23.5 Å². The molecule has 0 aliphatic carbocycles. The number of carbonyl (C=O) groups is 1. The van der Waals surface area contributed by atoms with E-state index in [0.29, 0.717) is 23.6 Å². The van der Waals surface area contributed by atoms with E-state index in [1.54, 1.807) is 19.2 Å². The first-order valence-corrected chi connectivity index (χ1v) is 11.8. The van der Waals surface area contributed by atoms with Crippen LogP contribution >= 0.6 is 0 Å². The number of carbonyl (C=O) groups excluding carboxylic acids is 1. The van der Waals surface area contributed by atoms with E-state index in [9.17, 15) is 13.6 Å². The number of rotatable bonds is 12. The van der Waals surface area contributed by atoms with Gasteiger partial charge in [0.05, 0.1) is 18.8 Å². The minimum absolute atomic E-state index is 0.0220. The summed E-state index contributed by atoms with van der Waals surface area (Å²) in [6.45, 7) is 4.36. The highest BCUT2D eigenvalue weighted by atomic mass is 19.2. The van der Waals surface area contributed by atoms with Crippen molar-refractivity contribution in [3.05, 3.63) is 54.5 Å². The van der Waals surface area contributed by atoms with Crippen LogP contribution < -0.4 is 9.47 Å². The average molecular weight is 486 g/mol. The number of ether oxygens (including phenoxy) is 3. The van der Waals surface area contributed by atoms with E-state index in [0.717, 1.165) is 18.9 Å². The minimum atomic E-state index is -1.33. The van der Waals surface area contributed by atoms with Crippen LogP contribution in [0.3, 0.4) is 0 Å². The van der Waals surface area contributed by atoms with Crippen LogP contribution in [-0.4, -0.2) is 34.3 Å². The number of hydrogen-bond acceptors (Lipinski definition) is 7. The third kappa shape index (κ3) is 7.18. The number of pyridine rings is 1. The van der Waals surface area contributed by atoms with E-state index >= 15 is 0 Å². The maximum absolute atomic E-state index is 14.6. The molecule has 186 valence electrons. The van der Waals surface area contributed by atoms with E-state index in [1.807, 2.05) is 6.07 Å². The number of hydrogen-bond donors (Lipinski definition) is 0. The van der Waals surface area contributed by atoms with Gasteiger partial charge in [0.2, 0.25) is 11.7 Å². The zero-order chi connectivity index (χ0) is 25.0. The number of benzene rings is 1. The molecule has 0 amide bonds. The second-order valence-corrected chi connectivity index (χ2v) is 7.79. The van der Waals surface area contributed by atoms with Crippen molar-refractivity contribution < 1.29 is 27.8 Å². The molecule has 0 bridgehead atoms. The number of nitrogens with zero attached hydrogens (tertiary/aromatic N) is 3. The molecule has 0 atom stereocenters. The second-order valence-electron chi connectivity index (χ2n) is 7.79. The standard InChI is InChI=1S/C26H29F2N3O4/c1-3-5-6-7-8-9-15-34-25-19(11-10-14-29-25)18-16-30-24(31-17-18)20-12-13-21(23(28)22(20)27)35-26(32)33-4-2/h10-14,16-17H,3-9,15H2,1-2H3. The number of unbranched alkanes of at least 4 members (excludes halogenated alkanes) is 5. The van der Waals surface area contributed by atoms with Gasteiger partial charge in [0.1, 0.15) is 0 Å². The fourth-order valence-electron chi connectivity index (χ4n) is 3.40. The summed E-state index contributed by atoms with van der Waals surface area (Å²) >= 11 is 0. The van der Waals surface area contributed by atoms with Crippen LogP contribution in [0.2, 0.25) is 0 Å². The smallest absolute Gasteiger partial charge is 0.477 e. The van der Waals surface area contributed by atoms with Gasteiger partial charge >= 0.3 is 6.16 Å². The van der Waals surface area contributed by atoms with E-state index in [2.05, 4.69) is 31.3 Å². The first-order chi connectivity index (χ1) is 17.0. The van der Waals surface area contributed by atoms with Crippen LogP contribution in [0.25, 0.3) is 22.5 Å². The average Bonchev–Trinajstić information content (AvgIpc) is 2.87. The largest absolute Gasteiger partial charge is 0.513 e. The van der Waals surface area contributed by atoms with Crippen LogP contribution in [0.5, 0.6) is 11.6 Å². The molecule has 9 heteroatoms. The molecule has 7 nitrogen and oxygen atoms in total. The lowest BCUT2D eigenvalue weighted by molar-refractivity contribution is 0.102. The first kappa shape index (κ1) is 26.0. The Labute approximate surface area is 203 Å². The van der Waals surface area contributed by atoms with Crippen molar-refractivity contribution in [3.8, 4) is 34.1 Å². The molecule has 0 fully saturated rings.